The van der Waals surface area contributed by atoms with Crippen LogP contribution < -0.4 is 24.8 Å². The first-order valence-corrected chi connectivity index (χ1v) is 9.83. The lowest BCUT2D eigenvalue weighted by Gasteiger charge is -2.15. The zero-order valence-corrected chi connectivity index (χ0v) is 17.7. The summed E-state index contributed by atoms with van der Waals surface area (Å²) in [6.07, 6.45) is 0. The summed E-state index contributed by atoms with van der Waals surface area (Å²) >= 11 is 0. The number of anilines is 3. The van der Waals surface area contributed by atoms with Crippen LogP contribution in [0.15, 0.2) is 66.7 Å². The molecule has 0 atom stereocenters. The first-order valence-electron chi connectivity index (χ1n) is 9.83. The van der Waals surface area contributed by atoms with Gasteiger partial charge in [0.15, 0.2) is 0 Å². The van der Waals surface area contributed by atoms with Gasteiger partial charge in [-0.25, -0.2) is 4.98 Å². The Labute approximate surface area is 181 Å². The van der Waals surface area contributed by atoms with Gasteiger partial charge in [0.05, 0.1) is 32.5 Å². The van der Waals surface area contributed by atoms with Gasteiger partial charge in [0.25, 0.3) is 0 Å². The Morgan fingerprint density at radius 1 is 0.774 bits per heavy atom. The molecule has 0 unspecified atom stereocenters. The molecule has 7 heteroatoms. The molecule has 3 aromatic carbocycles. The molecular weight excluding hydrogens is 392 g/mol. The maximum Gasteiger partial charge on any atom is 0.229 e. The smallest absolute Gasteiger partial charge is 0.229 e. The quantitative estimate of drug-likeness (QED) is 0.418. The predicted molar refractivity (Wildman–Crippen MR) is 123 cm³/mol. The second kappa shape index (κ2) is 9.21. The summed E-state index contributed by atoms with van der Waals surface area (Å²) in [5, 5.41) is 7.62. The van der Waals surface area contributed by atoms with Crippen molar-refractivity contribution in [1.29, 1.82) is 0 Å². The number of methoxy groups -OCH3 is 3. The second-order valence-corrected chi connectivity index (χ2v) is 6.77. The number of fused-ring (bicyclic) bond motifs is 1. The number of nitrogens with zero attached hydrogens (tertiary/aromatic N) is 2. The van der Waals surface area contributed by atoms with Crippen molar-refractivity contribution in [1.82, 2.24) is 9.97 Å². The van der Waals surface area contributed by atoms with Gasteiger partial charge in [-0.1, -0.05) is 30.3 Å². The van der Waals surface area contributed by atoms with Crippen LogP contribution >= 0.6 is 0 Å². The highest BCUT2D eigenvalue weighted by Crippen LogP contribution is 2.32. The standard InChI is InChI=1S/C24H24N4O3/c1-29-17-12-13-22(31-3)20(14-17)27-24-26-19-10-6-5-9-18(19)23(28-24)25-15-16-8-4-7-11-21(16)30-2/h4-14H,15H2,1-3H3,(H2,25,26,27,28). The molecule has 0 bridgehead atoms. The molecule has 158 valence electrons. The monoisotopic (exact) mass is 416 g/mol. The summed E-state index contributed by atoms with van der Waals surface area (Å²) in [7, 11) is 4.91. The van der Waals surface area contributed by atoms with E-state index in [9.17, 15) is 0 Å². The van der Waals surface area contributed by atoms with Crippen LogP contribution in [0.2, 0.25) is 0 Å². The minimum atomic E-state index is 0.452. The third-order valence-corrected chi connectivity index (χ3v) is 4.90. The Balaban J connectivity index is 1.68. The highest BCUT2D eigenvalue weighted by atomic mass is 16.5. The molecule has 0 spiro atoms. The molecule has 0 aliphatic carbocycles. The molecule has 0 aliphatic rings. The van der Waals surface area contributed by atoms with Gasteiger partial charge in [-0.2, -0.15) is 4.98 Å². The minimum Gasteiger partial charge on any atom is -0.497 e. The van der Waals surface area contributed by atoms with Crippen molar-refractivity contribution in [3.8, 4) is 17.2 Å². The van der Waals surface area contributed by atoms with E-state index in [1.54, 1.807) is 21.3 Å². The summed E-state index contributed by atoms with van der Waals surface area (Å²) in [6.45, 7) is 0.562. The number of benzene rings is 3. The molecule has 0 amide bonds. The lowest BCUT2D eigenvalue weighted by atomic mass is 10.2. The van der Waals surface area contributed by atoms with E-state index >= 15 is 0 Å². The first-order chi connectivity index (χ1) is 15.2. The van der Waals surface area contributed by atoms with Crippen LogP contribution in [-0.4, -0.2) is 31.3 Å². The summed E-state index contributed by atoms with van der Waals surface area (Å²) < 4.78 is 16.3. The van der Waals surface area contributed by atoms with E-state index in [1.807, 2.05) is 66.7 Å². The summed E-state index contributed by atoms with van der Waals surface area (Å²) in [4.78, 5) is 9.39. The fourth-order valence-electron chi connectivity index (χ4n) is 3.33. The third-order valence-electron chi connectivity index (χ3n) is 4.90. The molecule has 0 saturated carbocycles. The number of aromatic nitrogens is 2. The molecule has 1 aromatic heterocycles. The maximum absolute atomic E-state index is 5.46. The number of para-hydroxylation sites is 2. The highest BCUT2D eigenvalue weighted by Gasteiger charge is 2.12. The van der Waals surface area contributed by atoms with E-state index in [4.69, 9.17) is 19.2 Å². The topological polar surface area (TPSA) is 77.5 Å². The van der Waals surface area contributed by atoms with Gasteiger partial charge < -0.3 is 24.8 Å². The van der Waals surface area contributed by atoms with E-state index in [1.165, 1.54) is 0 Å². The molecule has 4 aromatic rings. The van der Waals surface area contributed by atoms with Crippen LogP contribution in [0.4, 0.5) is 17.5 Å². The Kier molecular flexibility index (Phi) is 6.03. The minimum absolute atomic E-state index is 0.452. The first kappa shape index (κ1) is 20.3. The number of nitrogens with one attached hydrogen (secondary N) is 2. The maximum atomic E-state index is 5.46. The molecule has 0 saturated heterocycles. The molecule has 0 radical (unpaired) electrons. The van der Waals surface area contributed by atoms with Crippen molar-refractivity contribution in [2.45, 2.75) is 6.54 Å². The summed E-state index contributed by atoms with van der Waals surface area (Å²) in [5.74, 6) is 3.38. The lowest BCUT2D eigenvalue weighted by molar-refractivity contribution is 0.405. The van der Waals surface area contributed by atoms with Crippen molar-refractivity contribution in [3.05, 3.63) is 72.3 Å². The molecular formula is C24H24N4O3. The van der Waals surface area contributed by atoms with Crippen molar-refractivity contribution in [2.24, 2.45) is 0 Å². The fraction of sp³-hybridized carbons (Fsp3) is 0.167. The summed E-state index contributed by atoms with van der Waals surface area (Å²) in [6, 6.07) is 21.3. The van der Waals surface area contributed by atoms with Crippen LogP contribution in [0.3, 0.4) is 0 Å². The van der Waals surface area contributed by atoms with Gasteiger partial charge in [-0.05, 0) is 30.3 Å². The van der Waals surface area contributed by atoms with E-state index in [0.29, 0.717) is 29.7 Å². The van der Waals surface area contributed by atoms with Crippen LogP contribution in [0.25, 0.3) is 10.9 Å². The molecule has 2 N–H and O–H groups in total. The Bertz CT molecular complexity index is 1200. The summed E-state index contributed by atoms with van der Waals surface area (Å²) in [5.41, 5.74) is 2.58. The Hall–Kier alpha value is -4.00. The Morgan fingerprint density at radius 3 is 2.35 bits per heavy atom. The van der Waals surface area contributed by atoms with E-state index in [2.05, 4.69) is 15.6 Å². The van der Waals surface area contributed by atoms with Crippen molar-refractivity contribution in [3.63, 3.8) is 0 Å². The van der Waals surface area contributed by atoms with E-state index in [-0.39, 0.29) is 0 Å². The van der Waals surface area contributed by atoms with Gasteiger partial charge in [-0.3, -0.25) is 0 Å². The van der Waals surface area contributed by atoms with Gasteiger partial charge in [0, 0.05) is 23.6 Å². The molecule has 4 rings (SSSR count). The lowest BCUT2D eigenvalue weighted by Crippen LogP contribution is -2.07. The molecule has 1 heterocycles. The van der Waals surface area contributed by atoms with Crippen molar-refractivity contribution < 1.29 is 14.2 Å². The van der Waals surface area contributed by atoms with Gasteiger partial charge >= 0.3 is 0 Å². The van der Waals surface area contributed by atoms with Gasteiger partial charge in [0.2, 0.25) is 5.95 Å². The number of ether oxygens (including phenoxy) is 3. The SMILES string of the molecule is COc1ccc(OC)c(Nc2nc(NCc3ccccc3OC)c3ccccc3n2)c1. The normalized spacial score (nSPS) is 10.5. The Morgan fingerprint density at radius 2 is 1.55 bits per heavy atom. The van der Waals surface area contributed by atoms with Crippen molar-refractivity contribution in [2.75, 3.05) is 32.0 Å². The van der Waals surface area contributed by atoms with Gasteiger partial charge in [-0.15, -0.1) is 0 Å². The zero-order valence-electron chi connectivity index (χ0n) is 17.7. The number of rotatable bonds is 8. The second-order valence-electron chi connectivity index (χ2n) is 6.77. The predicted octanol–water partition coefficient (Wildman–Crippen LogP) is 5.01. The van der Waals surface area contributed by atoms with Crippen LogP contribution in [-0.2, 0) is 6.54 Å². The molecule has 0 fully saturated rings. The zero-order chi connectivity index (χ0) is 21.6. The average molecular weight is 416 g/mol. The molecule has 31 heavy (non-hydrogen) atoms. The number of hydrogen-bond acceptors (Lipinski definition) is 7. The average Bonchev–Trinajstić information content (AvgIpc) is 2.82. The largest absolute Gasteiger partial charge is 0.497 e. The van der Waals surface area contributed by atoms with Crippen LogP contribution in [0.1, 0.15) is 5.56 Å². The van der Waals surface area contributed by atoms with Crippen molar-refractivity contribution >= 4 is 28.4 Å². The fourth-order valence-corrected chi connectivity index (χ4v) is 3.33. The molecule has 7 nitrogen and oxygen atoms in total. The van der Waals surface area contributed by atoms with Crippen LogP contribution in [0.5, 0.6) is 17.2 Å². The molecule has 0 aliphatic heterocycles. The third kappa shape index (κ3) is 4.45. The van der Waals surface area contributed by atoms with E-state index in [0.717, 1.165) is 28.0 Å². The van der Waals surface area contributed by atoms with Crippen LogP contribution in [0, 0.1) is 0 Å². The van der Waals surface area contributed by atoms with Gasteiger partial charge in [0.1, 0.15) is 23.1 Å². The highest BCUT2D eigenvalue weighted by molar-refractivity contribution is 5.90. The van der Waals surface area contributed by atoms with E-state index < -0.39 is 0 Å². The number of hydrogen-bond donors (Lipinski definition) is 2.